The van der Waals surface area contributed by atoms with E-state index in [9.17, 15) is 13.5 Å². The van der Waals surface area contributed by atoms with Gasteiger partial charge in [0.15, 0.2) is 9.84 Å². The zero-order valence-electron chi connectivity index (χ0n) is 30.4. The fourth-order valence-corrected chi connectivity index (χ4v) is 10.6. The van der Waals surface area contributed by atoms with Gasteiger partial charge in [-0.15, -0.1) is 0 Å². The van der Waals surface area contributed by atoms with Crippen LogP contribution in [0.2, 0.25) is 0 Å². The molecule has 7 nitrogen and oxygen atoms in total. The first-order valence-electron chi connectivity index (χ1n) is 18.2. The summed E-state index contributed by atoms with van der Waals surface area (Å²) >= 11 is 0. The number of ether oxygens (including phenoxy) is 1. The van der Waals surface area contributed by atoms with Gasteiger partial charge in [0, 0.05) is 56.3 Å². The van der Waals surface area contributed by atoms with E-state index in [1.54, 1.807) is 6.07 Å². The van der Waals surface area contributed by atoms with Gasteiger partial charge >= 0.3 is 0 Å². The summed E-state index contributed by atoms with van der Waals surface area (Å²) in [5, 5.41) is 12.4. The zero-order chi connectivity index (χ0) is 33.9. The number of quaternary nitrogens is 1. The van der Waals surface area contributed by atoms with Gasteiger partial charge in [-0.2, -0.15) is 13.5 Å². The molecule has 51 heavy (non-hydrogen) atoms. The summed E-state index contributed by atoms with van der Waals surface area (Å²) in [6.07, 6.45) is 4.21. The van der Waals surface area contributed by atoms with Crippen LogP contribution in [0.4, 0.5) is 5.69 Å². The zero-order valence-corrected chi connectivity index (χ0v) is 33.0. The SMILES string of the molecule is C.CCCCC1(CCCC)CS(=O)(=O)c2ccc(N(C)C)cc2[C@@H](c2ccc(OCc3ccc(C[N+]45CCN(CC4)CC5)cc3)cc2)[C@H]1O.S.[Cl-]. The number of aliphatic hydroxyl groups excluding tert-OH is 1. The Hall–Kier alpha value is -2.27. The normalized spacial score (nSPS) is 24.1. The number of aliphatic hydroxyl groups is 1. The number of benzene rings is 3. The van der Waals surface area contributed by atoms with Crippen molar-refractivity contribution in [3.05, 3.63) is 89.0 Å². The van der Waals surface area contributed by atoms with Gasteiger partial charge < -0.3 is 31.6 Å². The highest BCUT2D eigenvalue weighted by molar-refractivity contribution is 7.91. The molecule has 0 aliphatic carbocycles. The van der Waals surface area contributed by atoms with Crippen LogP contribution in [0, 0.1) is 5.41 Å². The summed E-state index contributed by atoms with van der Waals surface area (Å²) in [4.78, 5) is 4.93. The number of piperazine rings is 3. The van der Waals surface area contributed by atoms with Crippen molar-refractivity contribution in [2.45, 2.75) is 89.9 Å². The van der Waals surface area contributed by atoms with Crippen molar-refractivity contribution in [1.29, 1.82) is 0 Å². The van der Waals surface area contributed by atoms with Crippen LogP contribution >= 0.6 is 13.5 Å². The van der Waals surface area contributed by atoms with E-state index < -0.39 is 27.3 Å². The predicted molar refractivity (Wildman–Crippen MR) is 211 cm³/mol. The third-order valence-electron chi connectivity index (χ3n) is 11.5. The molecule has 0 saturated carbocycles. The van der Waals surface area contributed by atoms with Crippen LogP contribution in [-0.4, -0.2) is 88.1 Å². The van der Waals surface area contributed by atoms with Crippen LogP contribution in [0.1, 0.15) is 88.0 Å². The molecule has 0 unspecified atom stereocenters. The second kappa shape index (κ2) is 18.2. The molecule has 3 aromatic carbocycles. The van der Waals surface area contributed by atoms with E-state index >= 15 is 0 Å². The molecule has 4 aliphatic heterocycles. The predicted octanol–water partition coefficient (Wildman–Crippen LogP) is 4.38. The molecule has 0 aromatic heterocycles. The van der Waals surface area contributed by atoms with Crippen LogP contribution in [0.3, 0.4) is 0 Å². The number of hydrogen-bond donors (Lipinski definition) is 1. The minimum absolute atomic E-state index is 0. The quantitative estimate of drug-likeness (QED) is 0.261. The van der Waals surface area contributed by atoms with Crippen molar-refractivity contribution in [2.24, 2.45) is 5.41 Å². The highest BCUT2D eigenvalue weighted by atomic mass is 35.5. The molecule has 3 aromatic rings. The number of halogens is 1. The molecule has 3 fully saturated rings. The lowest BCUT2D eigenvalue weighted by Gasteiger charge is -2.50. The van der Waals surface area contributed by atoms with Crippen LogP contribution in [0.5, 0.6) is 5.75 Å². The largest absolute Gasteiger partial charge is 1.00 e. The van der Waals surface area contributed by atoms with Crippen molar-refractivity contribution < 1.29 is 35.2 Å². The summed E-state index contributed by atoms with van der Waals surface area (Å²) in [7, 11) is 0.290. The number of nitrogens with zero attached hydrogens (tertiary/aromatic N) is 3. The van der Waals surface area contributed by atoms with Gasteiger partial charge in [-0.1, -0.05) is 83.4 Å². The third-order valence-corrected chi connectivity index (χ3v) is 13.5. The summed E-state index contributed by atoms with van der Waals surface area (Å²) < 4.78 is 35.7. The number of hydrogen-bond acceptors (Lipinski definition) is 6. The fraction of sp³-hybridized carbons (Fsp3) is 0.561. The molecular formula is C41H62ClN3O4S2. The number of sulfone groups is 1. The molecule has 0 amide bonds. The molecule has 10 heteroatoms. The number of fused-ring (bicyclic) bond motifs is 4. The molecule has 0 radical (unpaired) electrons. The van der Waals surface area contributed by atoms with Gasteiger partial charge in [0.1, 0.15) is 18.9 Å². The lowest BCUT2D eigenvalue weighted by Crippen LogP contribution is -3.00. The summed E-state index contributed by atoms with van der Waals surface area (Å²) in [6, 6.07) is 22.5. The standard InChI is InChI=1S/C40H56N3O4S.CH4.ClH.H2S/c1-5-7-19-40(20-8-6-2)30-48(45,46)37-18-15-34(41(3)4)27-36(37)38(39(40)44)33-13-16-35(17-14-33)47-29-32-11-9-31(10-12-32)28-43-24-21-42(22-25-43)23-26-43;;;/h9-18,27,38-39,44H,5-8,19-26,28-30H2,1-4H3;1H4;1H;1H2/q+1;;;/p-1/t38-,39-;;;/m1.../s1. The molecule has 1 N–H and O–H groups in total. The Morgan fingerprint density at radius 1 is 0.882 bits per heavy atom. The third kappa shape index (κ3) is 9.46. The van der Waals surface area contributed by atoms with E-state index in [0.29, 0.717) is 29.9 Å². The Morgan fingerprint density at radius 3 is 2.00 bits per heavy atom. The summed E-state index contributed by atoms with van der Waals surface area (Å²) in [5.41, 5.74) is 4.34. The van der Waals surface area contributed by atoms with Gasteiger partial charge in [-0.3, -0.25) is 4.90 Å². The van der Waals surface area contributed by atoms with E-state index in [2.05, 4.69) is 43.0 Å². The topological polar surface area (TPSA) is 70.1 Å². The molecule has 7 rings (SSSR count). The monoisotopic (exact) mass is 759 g/mol. The lowest BCUT2D eigenvalue weighted by molar-refractivity contribution is -0.953. The molecule has 284 valence electrons. The van der Waals surface area contributed by atoms with Crippen molar-refractivity contribution in [1.82, 2.24) is 4.90 Å². The maximum Gasteiger partial charge on any atom is 0.179 e. The Kier molecular flexibility index (Phi) is 15.4. The average Bonchev–Trinajstić information content (AvgIpc) is 3.17. The Morgan fingerprint density at radius 2 is 1.45 bits per heavy atom. The summed E-state index contributed by atoms with van der Waals surface area (Å²) in [6.45, 7) is 13.3. The first-order chi connectivity index (χ1) is 23.1. The number of unbranched alkanes of at least 4 members (excludes halogenated alkanes) is 2. The second-order valence-electron chi connectivity index (χ2n) is 15.1. The maximum absolute atomic E-state index is 14.1. The van der Waals surface area contributed by atoms with Crippen molar-refractivity contribution >= 4 is 29.0 Å². The molecule has 0 spiro atoms. The van der Waals surface area contributed by atoms with Crippen LogP contribution in [-0.2, 0) is 23.0 Å². The minimum atomic E-state index is -3.63. The molecule has 4 aliphatic rings. The number of anilines is 1. The Labute approximate surface area is 321 Å². The Balaban J connectivity index is 0.00000234. The summed E-state index contributed by atoms with van der Waals surface area (Å²) in [5.74, 6) is 0.264. The molecule has 4 heterocycles. The molecule has 2 atom stereocenters. The van der Waals surface area contributed by atoms with Gasteiger partial charge in [0.2, 0.25) is 0 Å². The fourth-order valence-electron chi connectivity index (χ4n) is 8.43. The molecule has 2 bridgehead atoms. The van der Waals surface area contributed by atoms with Crippen LogP contribution < -0.4 is 22.0 Å². The smallest absolute Gasteiger partial charge is 0.179 e. The van der Waals surface area contributed by atoms with E-state index in [1.165, 1.54) is 49.3 Å². The molecule has 3 saturated heterocycles. The van der Waals surface area contributed by atoms with Crippen molar-refractivity contribution in [3.63, 3.8) is 0 Å². The number of rotatable bonds is 13. The Bertz CT molecular complexity index is 1620. The van der Waals surface area contributed by atoms with Gasteiger partial charge in [0.25, 0.3) is 0 Å². The minimum Gasteiger partial charge on any atom is -1.00 e. The van der Waals surface area contributed by atoms with Gasteiger partial charge in [0.05, 0.1) is 36.4 Å². The average molecular weight is 761 g/mol. The highest BCUT2D eigenvalue weighted by Crippen LogP contribution is 2.50. The second-order valence-corrected chi connectivity index (χ2v) is 17.0. The van der Waals surface area contributed by atoms with Gasteiger partial charge in [-0.05, 0) is 59.9 Å². The van der Waals surface area contributed by atoms with E-state index in [-0.39, 0.29) is 39.1 Å². The first-order valence-corrected chi connectivity index (χ1v) is 19.8. The maximum atomic E-state index is 14.1. The lowest BCUT2D eigenvalue weighted by atomic mass is 9.68. The van der Waals surface area contributed by atoms with Crippen LogP contribution in [0.15, 0.2) is 71.6 Å². The van der Waals surface area contributed by atoms with Crippen molar-refractivity contribution in [2.75, 3.05) is 64.0 Å². The van der Waals surface area contributed by atoms with Gasteiger partial charge in [-0.25, -0.2) is 8.42 Å². The van der Waals surface area contributed by atoms with E-state index in [1.807, 2.05) is 55.4 Å². The highest BCUT2D eigenvalue weighted by Gasteiger charge is 2.49. The van der Waals surface area contributed by atoms with Crippen LogP contribution in [0.25, 0.3) is 0 Å². The van der Waals surface area contributed by atoms with Crippen molar-refractivity contribution in [3.8, 4) is 5.75 Å². The van der Waals surface area contributed by atoms with E-state index in [4.69, 9.17) is 4.74 Å². The van der Waals surface area contributed by atoms with E-state index in [0.717, 1.165) is 54.8 Å². The molecular weight excluding hydrogens is 698 g/mol. The first kappa shape index (κ1) is 43.1.